The molecule has 0 aliphatic carbocycles. The first-order valence-corrected chi connectivity index (χ1v) is 10.4. The second-order valence-electron chi connectivity index (χ2n) is 7.54. The molecule has 1 aromatic heterocycles. The smallest absolute Gasteiger partial charge is 0.336 e. The van der Waals surface area contributed by atoms with Gasteiger partial charge in [0.15, 0.2) is 5.82 Å². The number of hydrogen-bond acceptors (Lipinski definition) is 5. The van der Waals surface area contributed by atoms with E-state index in [0.29, 0.717) is 34.1 Å². The van der Waals surface area contributed by atoms with E-state index in [0.717, 1.165) is 0 Å². The molecule has 0 atom stereocenters. The molecule has 0 radical (unpaired) electrons. The minimum Gasteiger partial charge on any atom is -0.497 e. The number of halogens is 1. The van der Waals surface area contributed by atoms with E-state index in [1.54, 1.807) is 66.4 Å². The number of carbonyl (C=O) groups is 1. The summed E-state index contributed by atoms with van der Waals surface area (Å²) in [5.74, 6) is 0.473. The van der Waals surface area contributed by atoms with Crippen LogP contribution in [-0.4, -0.2) is 33.9 Å². The molecule has 1 N–H and O–H groups in total. The highest BCUT2D eigenvalue weighted by Crippen LogP contribution is 2.26. The molecule has 7 nitrogen and oxygen atoms in total. The molecule has 0 saturated carbocycles. The van der Waals surface area contributed by atoms with Crippen LogP contribution < -0.4 is 14.8 Å². The van der Waals surface area contributed by atoms with Gasteiger partial charge in [0.2, 0.25) is 0 Å². The second-order valence-corrected chi connectivity index (χ2v) is 7.54. The van der Waals surface area contributed by atoms with Gasteiger partial charge < -0.3 is 14.8 Å². The summed E-state index contributed by atoms with van der Waals surface area (Å²) < 4.78 is 25.9. The Morgan fingerprint density at radius 3 is 2.52 bits per heavy atom. The number of carbonyl (C=O) groups excluding carboxylic acids is 1. The average Bonchev–Trinajstić information content (AvgIpc) is 3.23. The Morgan fingerprint density at radius 1 is 1.03 bits per heavy atom. The molecule has 0 unspecified atom stereocenters. The number of nitrogens with zero attached hydrogens (tertiary/aromatic N) is 3. The first kappa shape index (κ1) is 22.0. The van der Waals surface area contributed by atoms with Crippen LogP contribution in [0, 0.1) is 5.82 Å². The normalized spacial score (nSPS) is 10.8. The van der Waals surface area contributed by atoms with Gasteiger partial charge >= 0.3 is 6.01 Å². The molecule has 0 bridgehead atoms. The lowest BCUT2D eigenvalue weighted by Gasteiger charge is -2.10. The predicted octanol–water partition coefficient (Wildman–Crippen LogP) is 5.12. The van der Waals surface area contributed by atoms with Crippen LogP contribution in [-0.2, 0) is 0 Å². The van der Waals surface area contributed by atoms with Crippen molar-refractivity contribution >= 4 is 11.6 Å². The number of rotatable bonds is 7. The number of ether oxygens (including phenoxy) is 2. The minimum atomic E-state index is -0.342. The number of amides is 1. The van der Waals surface area contributed by atoms with E-state index in [-0.39, 0.29) is 23.8 Å². The molecule has 3 aromatic carbocycles. The van der Waals surface area contributed by atoms with Crippen LogP contribution in [0.25, 0.3) is 17.1 Å². The highest BCUT2D eigenvalue weighted by Gasteiger charge is 2.16. The third-order valence-corrected chi connectivity index (χ3v) is 4.71. The number of hydrogen-bond donors (Lipinski definition) is 1. The Hall–Kier alpha value is -4.20. The van der Waals surface area contributed by atoms with E-state index in [4.69, 9.17) is 9.47 Å². The molecular formula is C25H23FN4O3. The zero-order chi connectivity index (χ0) is 23.4. The SMILES string of the molecule is COc1cccc(C(=O)Nc2cccc(-n3nc(OC(C)C)nc3-c3ccc(F)cc3)c2)c1. The number of nitrogens with one attached hydrogen (secondary N) is 1. The Bertz CT molecular complexity index is 1270. The summed E-state index contributed by atoms with van der Waals surface area (Å²) in [6, 6.07) is 20.3. The molecule has 0 aliphatic rings. The van der Waals surface area contributed by atoms with Gasteiger partial charge in [0.05, 0.1) is 18.9 Å². The summed E-state index contributed by atoms with van der Waals surface area (Å²) >= 11 is 0. The molecule has 0 aliphatic heterocycles. The molecular weight excluding hydrogens is 423 g/mol. The number of methoxy groups -OCH3 is 1. The lowest BCUT2D eigenvalue weighted by atomic mass is 10.2. The van der Waals surface area contributed by atoms with Crippen molar-refractivity contribution in [1.82, 2.24) is 14.8 Å². The summed E-state index contributed by atoms with van der Waals surface area (Å²) in [7, 11) is 1.55. The van der Waals surface area contributed by atoms with Gasteiger partial charge in [-0.05, 0) is 74.5 Å². The molecule has 4 aromatic rings. The quantitative estimate of drug-likeness (QED) is 0.426. The number of anilines is 1. The van der Waals surface area contributed by atoms with Gasteiger partial charge in [0.1, 0.15) is 11.6 Å². The molecule has 8 heteroatoms. The lowest BCUT2D eigenvalue weighted by molar-refractivity contribution is 0.102. The fraction of sp³-hybridized carbons (Fsp3) is 0.160. The molecule has 0 spiro atoms. The van der Waals surface area contributed by atoms with Gasteiger partial charge in [-0.15, -0.1) is 5.10 Å². The van der Waals surface area contributed by atoms with Gasteiger partial charge in [0.25, 0.3) is 5.91 Å². The van der Waals surface area contributed by atoms with E-state index in [9.17, 15) is 9.18 Å². The average molecular weight is 446 g/mol. The lowest BCUT2D eigenvalue weighted by Crippen LogP contribution is -2.12. The van der Waals surface area contributed by atoms with Crippen molar-refractivity contribution in [2.75, 3.05) is 12.4 Å². The van der Waals surface area contributed by atoms with Gasteiger partial charge in [-0.25, -0.2) is 9.07 Å². The maximum absolute atomic E-state index is 13.4. The van der Waals surface area contributed by atoms with Crippen molar-refractivity contribution in [2.24, 2.45) is 0 Å². The highest BCUT2D eigenvalue weighted by atomic mass is 19.1. The van der Waals surface area contributed by atoms with E-state index < -0.39 is 0 Å². The van der Waals surface area contributed by atoms with Gasteiger partial charge in [-0.2, -0.15) is 4.98 Å². The van der Waals surface area contributed by atoms with E-state index >= 15 is 0 Å². The van der Waals surface area contributed by atoms with Gasteiger partial charge in [-0.3, -0.25) is 4.79 Å². The summed E-state index contributed by atoms with van der Waals surface area (Å²) in [5, 5.41) is 7.37. The topological polar surface area (TPSA) is 78.3 Å². The monoisotopic (exact) mass is 446 g/mol. The number of aromatic nitrogens is 3. The van der Waals surface area contributed by atoms with Crippen LogP contribution >= 0.6 is 0 Å². The van der Waals surface area contributed by atoms with Crippen molar-refractivity contribution in [3.8, 4) is 28.8 Å². The standard InChI is InChI=1S/C25H23FN4O3/c1-16(2)33-25-28-23(17-10-12-19(26)13-11-17)30(29-25)21-8-5-7-20(15-21)27-24(31)18-6-4-9-22(14-18)32-3/h4-16H,1-3H3,(H,27,31). The van der Waals surface area contributed by atoms with Crippen molar-refractivity contribution in [2.45, 2.75) is 20.0 Å². The van der Waals surface area contributed by atoms with Crippen LogP contribution in [0.4, 0.5) is 10.1 Å². The largest absolute Gasteiger partial charge is 0.497 e. The van der Waals surface area contributed by atoms with Crippen molar-refractivity contribution in [1.29, 1.82) is 0 Å². The van der Waals surface area contributed by atoms with Gasteiger partial charge in [0, 0.05) is 16.8 Å². The molecule has 33 heavy (non-hydrogen) atoms. The maximum Gasteiger partial charge on any atom is 0.336 e. The highest BCUT2D eigenvalue weighted by molar-refractivity contribution is 6.04. The third-order valence-electron chi connectivity index (χ3n) is 4.71. The van der Waals surface area contributed by atoms with Crippen LogP contribution in [0.2, 0.25) is 0 Å². The molecule has 1 heterocycles. The molecule has 1 amide bonds. The zero-order valence-electron chi connectivity index (χ0n) is 18.4. The molecule has 0 fully saturated rings. The predicted molar refractivity (Wildman–Crippen MR) is 123 cm³/mol. The van der Waals surface area contributed by atoms with Crippen molar-refractivity contribution in [3.63, 3.8) is 0 Å². The van der Waals surface area contributed by atoms with Crippen molar-refractivity contribution in [3.05, 3.63) is 84.2 Å². The summed E-state index contributed by atoms with van der Waals surface area (Å²) in [6.45, 7) is 3.76. The molecule has 0 saturated heterocycles. The molecule has 4 rings (SSSR count). The number of benzene rings is 3. The second kappa shape index (κ2) is 9.52. The van der Waals surface area contributed by atoms with E-state index in [2.05, 4.69) is 15.4 Å². The Labute approximate surface area is 190 Å². The summed E-state index contributed by atoms with van der Waals surface area (Å²) in [5.41, 5.74) is 2.38. The van der Waals surface area contributed by atoms with Gasteiger partial charge in [-0.1, -0.05) is 12.1 Å². The van der Waals surface area contributed by atoms with Crippen molar-refractivity contribution < 1.29 is 18.7 Å². The van der Waals surface area contributed by atoms with E-state index in [1.807, 2.05) is 19.9 Å². The first-order chi connectivity index (χ1) is 15.9. The summed E-state index contributed by atoms with van der Waals surface area (Å²) in [6.07, 6.45) is -0.115. The maximum atomic E-state index is 13.4. The van der Waals surface area contributed by atoms with Crippen LogP contribution in [0.5, 0.6) is 11.8 Å². The summed E-state index contributed by atoms with van der Waals surface area (Å²) in [4.78, 5) is 17.2. The Kier molecular flexibility index (Phi) is 6.35. The van der Waals surface area contributed by atoms with Crippen LogP contribution in [0.3, 0.4) is 0 Å². The fourth-order valence-electron chi connectivity index (χ4n) is 3.20. The fourth-order valence-corrected chi connectivity index (χ4v) is 3.20. The molecule has 168 valence electrons. The van der Waals surface area contributed by atoms with Crippen LogP contribution in [0.1, 0.15) is 24.2 Å². The van der Waals surface area contributed by atoms with E-state index in [1.165, 1.54) is 12.1 Å². The van der Waals surface area contributed by atoms with Crippen LogP contribution in [0.15, 0.2) is 72.8 Å². The zero-order valence-corrected chi connectivity index (χ0v) is 18.4. The first-order valence-electron chi connectivity index (χ1n) is 10.4. The minimum absolute atomic E-state index is 0.115. The third kappa shape index (κ3) is 5.17. The Morgan fingerprint density at radius 2 is 1.79 bits per heavy atom. The Balaban J connectivity index is 1.67.